The fourth-order valence-electron chi connectivity index (χ4n) is 6.87. The zero-order valence-corrected chi connectivity index (χ0v) is 33.7. The van der Waals surface area contributed by atoms with Gasteiger partial charge in [-0.25, -0.2) is 0 Å². The summed E-state index contributed by atoms with van der Waals surface area (Å²) in [6.45, 7) is 7.74. The lowest BCUT2D eigenvalue weighted by atomic mass is 9.95. The summed E-state index contributed by atoms with van der Waals surface area (Å²) in [6, 6.07) is 31.3. The van der Waals surface area contributed by atoms with Crippen molar-refractivity contribution >= 4 is 22.7 Å². The quantitative estimate of drug-likeness (QED) is 0.0761. The average Bonchev–Trinajstić information content (AvgIpc) is 3.78. The smallest absolute Gasteiger partial charge is 0.142 e. The Labute approximate surface area is 330 Å². The second-order valence-corrected chi connectivity index (χ2v) is 15.9. The zero-order chi connectivity index (χ0) is 37.7. The number of unbranched alkanes of at least 4 members (excludes halogenated alkanes) is 4. The predicted molar refractivity (Wildman–Crippen MR) is 230 cm³/mol. The van der Waals surface area contributed by atoms with E-state index >= 15 is 0 Å². The van der Waals surface area contributed by atoms with E-state index in [2.05, 4.69) is 68.6 Å². The van der Waals surface area contributed by atoms with E-state index in [-0.39, 0.29) is 0 Å². The van der Waals surface area contributed by atoms with Gasteiger partial charge in [0.2, 0.25) is 0 Å². The minimum absolute atomic E-state index is 0.303. The summed E-state index contributed by atoms with van der Waals surface area (Å²) in [5.74, 6) is 2.16. The molecule has 6 heteroatoms. The number of rotatable bonds is 20. The molecule has 0 aliphatic heterocycles. The summed E-state index contributed by atoms with van der Waals surface area (Å²) in [5, 5.41) is 27.1. The summed E-state index contributed by atoms with van der Waals surface area (Å²) in [7, 11) is 0. The van der Waals surface area contributed by atoms with E-state index in [1.165, 1.54) is 16.7 Å². The Bertz CT molecular complexity index is 2060. The van der Waals surface area contributed by atoms with E-state index in [0.717, 1.165) is 125 Å². The Morgan fingerprint density at radius 1 is 0.463 bits per heavy atom. The van der Waals surface area contributed by atoms with Crippen LogP contribution in [0.1, 0.15) is 88.8 Å². The van der Waals surface area contributed by atoms with Gasteiger partial charge in [-0.2, -0.15) is 0 Å². The molecule has 0 unspecified atom stereocenters. The molecule has 4 aromatic carbocycles. The van der Waals surface area contributed by atoms with Crippen molar-refractivity contribution in [1.82, 2.24) is 0 Å². The first-order valence-electron chi connectivity index (χ1n) is 19.8. The summed E-state index contributed by atoms with van der Waals surface area (Å²) >= 11 is 3.11. The third-order valence-corrected chi connectivity index (χ3v) is 11.9. The molecule has 0 aliphatic carbocycles. The highest BCUT2D eigenvalue weighted by molar-refractivity contribution is 7.15. The Hall–Kier alpha value is -4.52. The molecular formula is C48H54O4S2. The monoisotopic (exact) mass is 758 g/mol. The number of aromatic hydroxyl groups is 2. The maximum Gasteiger partial charge on any atom is 0.142 e. The summed E-state index contributed by atoms with van der Waals surface area (Å²) in [4.78, 5) is 1.65. The molecule has 0 atom stereocenters. The van der Waals surface area contributed by atoms with Crippen LogP contribution in [0, 0.1) is 0 Å². The van der Waals surface area contributed by atoms with Crippen molar-refractivity contribution in [3.05, 3.63) is 118 Å². The van der Waals surface area contributed by atoms with Crippen molar-refractivity contribution in [2.24, 2.45) is 0 Å². The van der Waals surface area contributed by atoms with Gasteiger partial charge in [-0.05, 0) is 103 Å². The van der Waals surface area contributed by atoms with E-state index in [0.29, 0.717) is 24.7 Å². The Kier molecular flexibility index (Phi) is 14.3. The van der Waals surface area contributed by atoms with Gasteiger partial charge >= 0.3 is 0 Å². The van der Waals surface area contributed by atoms with Gasteiger partial charge in [0, 0.05) is 33.0 Å². The van der Waals surface area contributed by atoms with Gasteiger partial charge in [-0.15, -0.1) is 22.7 Å². The minimum atomic E-state index is 0.303. The maximum atomic E-state index is 11.6. The SMILES string of the molecule is CCCCc1cccc(-c2csc(-c3ccccc3OCCCCOc3ccccc3-c3scc(-c4cc(CCCC)cc(CCCC)c4)c3O)c2O)c1. The lowest BCUT2D eigenvalue weighted by Gasteiger charge is -2.13. The molecule has 0 saturated heterocycles. The molecule has 0 saturated carbocycles. The topological polar surface area (TPSA) is 58.9 Å². The van der Waals surface area contributed by atoms with Crippen LogP contribution in [0.3, 0.4) is 0 Å². The third-order valence-electron chi connectivity index (χ3n) is 9.91. The van der Waals surface area contributed by atoms with E-state index in [4.69, 9.17) is 9.47 Å². The van der Waals surface area contributed by atoms with Crippen molar-refractivity contribution in [3.8, 4) is 66.1 Å². The summed E-state index contributed by atoms with van der Waals surface area (Å²) in [6.07, 6.45) is 11.8. The van der Waals surface area contributed by atoms with E-state index in [1.54, 1.807) is 22.7 Å². The van der Waals surface area contributed by atoms with Crippen LogP contribution in [0.15, 0.2) is 102 Å². The highest BCUT2D eigenvalue weighted by Crippen LogP contribution is 2.48. The van der Waals surface area contributed by atoms with E-state index in [9.17, 15) is 10.2 Å². The molecule has 282 valence electrons. The molecule has 0 radical (unpaired) electrons. The van der Waals surface area contributed by atoms with Gasteiger partial charge in [0.25, 0.3) is 0 Å². The van der Waals surface area contributed by atoms with Crippen LogP contribution in [-0.2, 0) is 19.3 Å². The van der Waals surface area contributed by atoms with Crippen LogP contribution < -0.4 is 9.47 Å². The lowest BCUT2D eigenvalue weighted by molar-refractivity contribution is 0.267. The Morgan fingerprint density at radius 3 is 1.44 bits per heavy atom. The minimum Gasteiger partial charge on any atom is -0.506 e. The first kappa shape index (κ1) is 39.2. The molecule has 54 heavy (non-hydrogen) atoms. The second kappa shape index (κ2) is 19.7. The molecule has 2 aromatic heterocycles. The molecule has 0 amide bonds. The van der Waals surface area contributed by atoms with Crippen LogP contribution in [0.5, 0.6) is 23.0 Å². The fourth-order valence-corrected chi connectivity index (χ4v) is 8.87. The number of hydrogen-bond donors (Lipinski definition) is 2. The van der Waals surface area contributed by atoms with Crippen molar-refractivity contribution in [1.29, 1.82) is 0 Å². The van der Waals surface area contributed by atoms with E-state index < -0.39 is 0 Å². The summed E-state index contributed by atoms with van der Waals surface area (Å²) in [5.41, 5.74) is 9.70. The van der Waals surface area contributed by atoms with Crippen molar-refractivity contribution < 1.29 is 19.7 Å². The van der Waals surface area contributed by atoms with Gasteiger partial charge < -0.3 is 19.7 Å². The highest BCUT2D eigenvalue weighted by atomic mass is 32.1. The second-order valence-electron chi connectivity index (χ2n) is 14.1. The number of para-hydroxylation sites is 2. The van der Waals surface area contributed by atoms with Crippen molar-refractivity contribution in [2.45, 2.75) is 91.4 Å². The lowest BCUT2D eigenvalue weighted by Crippen LogP contribution is -2.03. The van der Waals surface area contributed by atoms with Gasteiger partial charge in [-0.1, -0.05) is 107 Å². The van der Waals surface area contributed by atoms with Crippen molar-refractivity contribution in [2.75, 3.05) is 13.2 Å². The van der Waals surface area contributed by atoms with Gasteiger partial charge in [0.05, 0.1) is 23.0 Å². The number of aryl methyl sites for hydroxylation is 3. The van der Waals surface area contributed by atoms with Gasteiger partial charge in [0.15, 0.2) is 0 Å². The van der Waals surface area contributed by atoms with Crippen LogP contribution in [0.4, 0.5) is 0 Å². The molecule has 0 spiro atoms. The largest absolute Gasteiger partial charge is 0.506 e. The van der Waals surface area contributed by atoms with Gasteiger partial charge in [-0.3, -0.25) is 0 Å². The molecule has 2 N–H and O–H groups in total. The predicted octanol–water partition coefficient (Wildman–Crippen LogP) is 14.2. The fraction of sp³-hybridized carbons (Fsp3) is 0.333. The molecule has 0 aliphatic rings. The molecule has 4 nitrogen and oxygen atoms in total. The molecule has 6 rings (SSSR count). The number of ether oxygens (including phenoxy) is 2. The number of hydrogen-bond acceptors (Lipinski definition) is 6. The normalized spacial score (nSPS) is 11.2. The van der Waals surface area contributed by atoms with Crippen molar-refractivity contribution in [3.63, 3.8) is 0 Å². The first-order chi connectivity index (χ1) is 26.5. The molecule has 6 aromatic rings. The van der Waals surface area contributed by atoms with Crippen LogP contribution in [0.2, 0.25) is 0 Å². The van der Waals surface area contributed by atoms with Crippen LogP contribution >= 0.6 is 22.7 Å². The average molecular weight is 759 g/mol. The third kappa shape index (κ3) is 9.77. The maximum absolute atomic E-state index is 11.6. The Balaban J connectivity index is 1.07. The number of benzene rings is 4. The Morgan fingerprint density at radius 2 is 0.926 bits per heavy atom. The van der Waals surface area contributed by atoms with Gasteiger partial charge in [0.1, 0.15) is 23.0 Å². The number of thiophene rings is 2. The zero-order valence-electron chi connectivity index (χ0n) is 32.0. The highest BCUT2D eigenvalue weighted by Gasteiger charge is 2.20. The molecule has 0 fully saturated rings. The first-order valence-corrected chi connectivity index (χ1v) is 21.5. The standard InChI is InChI=1S/C48H54O4S2/c1-4-7-17-34-20-16-21-37(29-34)41-32-53-47(45(41)49)39-22-10-12-24-43(39)51-26-14-15-27-52-44-25-13-11-23-40(44)48-46(50)42(33-54-48)38-30-35(18-8-5-2)28-36(31-38)19-9-6-3/h10-13,16,20-25,28-33,49-50H,4-9,14-15,17-19,26-27H2,1-3H3. The van der Waals surface area contributed by atoms with E-state index in [1.807, 2.05) is 53.9 Å². The van der Waals surface area contributed by atoms with Crippen LogP contribution in [0.25, 0.3) is 43.1 Å². The summed E-state index contributed by atoms with van der Waals surface area (Å²) < 4.78 is 12.6. The molecule has 2 heterocycles. The molecular weight excluding hydrogens is 705 g/mol. The van der Waals surface area contributed by atoms with Crippen LogP contribution in [-0.4, -0.2) is 23.4 Å². The molecule has 0 bridgehead atoms.